The summed E-state index contributed by atoms with van der Waals surface area (Å²) < 4.78 is 10.4. The van der Waals surface area contributed by atoms with Gasteiger partial charge in [0.2, 0.25) is 11.7 Å². The van der Waals surface area contributed by atoms with Crippen LogP contribution < -0.4 is 4.74 Å². The van der Waals surface area contributed by atoms with Crippen LogP contribution in [0.1, 0.15) is 23.0 Å². The summed E-state index contributed by atoms with van der Waals surface area (Å²) in [6, 6.07) is 10.4. The Hall–Kier alpha value is -3.55. The van der Waals surface area contributed by atoms with Crippen molar-refractivity contribution in [3.8, 4) is 5.75 Å². The molecule has 0 saturated heterocycles. The van der Waals surface area contributed by atoms with E-state index in [1.54, 1.807) is 19.1 Å². The molecule has 0 aliphatic carbocycles. The maximum absolute atomic E-state index is 10.6. The Balaban J connectivity index is 1.59. The molecular weight excluding hydrogens is 324 g/mol. The van der Waals surface area contributed by atoms with Crippen molar-refractivity contribution in [2.75, 3.05) is 0 Å². The number of rotatable bonds is 6. The van der Waals surface area contributed by atoms with E-state index in [-0.39, 0.29) is 12.3 Å². The van der Waals surface area contributed by atoms with Crippen molar-refractivity contribution in [2.45, 2.75) is 13.5 Å². The van der Waals surface area contributed by atoms with E-state index in [2.05, 4.69) is 15.1 Å². The zero-order chi connectivity index (χ0) is 17.6. The van der Waals surface area contributed by atoms with E-state index in [1.165, 1.54) is 12.3 Å². The summed E-state index contributed by atoms with van der Waals surface area (Å²) >= 11 is 0. The molecule has 0 spiro atoms. The first-order valence-corrected chi connectivity index (χ1v) is 7.41. The number of hydrogen-bond donors (Lipinski definition) is 0. The first-order valence-electron chi connectivity index (χ1n) is 7.41. The molecule has 3 rings (SSSR count). The lowest BCUT2D eigenvalue weighted by atomic mass is 10.2. The largest absolute Gasteiger partial charge is 0.485 e. The van der Waals surface area contributed by atoms with Gasteiger partial charge in [-0.3, -0.25) is 10.1 Å². The SMILES string of the molecule is Cc1nc(COc2ccc(C=Cc3ccc([N+](=O)[O-])cn3)cc2)no1. The molecule has 0 N–H and O–H groups in total. The summed E-state index contributed by atoms with van der Waals surface area (Å²) in [6.45, 7) is 1.96. The first-order chi connectivity index (χ1) is 12.1. The average Bonchev–Trinajstić information content (AvgIpc) is 3.05. The third kappa shape index (κ3) is 4.47. The van der Waals surface area contributed by atoms with Crippen molar-refractivity contribution >= 4 is 17.8 Å². The highest BCUT2D eigenvalue weighted by Crippen LogP contribution is 2.16. The van der Waals surface area contributed by atoms with Crippen molar-refractivity contribution in [3.63, 3.8) is 0 Å². The summed E-state index contributed by atoms with van der Waals surface area (Å²) in [4.78, 5) is 18.2. The zero-order valence-corrected chi connectivity index (χ0v) is 13.3. The van der Waals surface area contributed by atoms with Gasteiger partial charge in [-0.25, -0.2) is 4.98 Å². The normalized spacial score (nSPS) is 10.9. The lowest BCUT2D eigenvalue weighted by molar-refractivity contribution is -0.385. The Morgan fingerprint density at radius 1 is 1.20 bits per heavy atom. The van der Waals surface area contributed by atoms with Crippen LogP contribution >= 0.6 is 0 Å². The number of nitrogens with zero attached hydrogens (tertiary/aromatic N) is 4. The predicted octanol–water partition coefficient (Wildman–Crippen LogP) is 3.43. The van der Waals surface area contributed by atoms with E-state index >= 15 is 0 Å². The number of hydrogen-bond acceptors (Lipinski definition) is 7. The fraction of sp³-hybridized carbons (Fsp3) is 0.118. The van der Waals surface area contributed by atoms with Gasteiger partial charge in [0.25, 0.3) is 5.69 Å². The molecule has 8 nitrogen and oxygen atoms in total. The molecule has 0 aliphatic heterocycles. The second-order valence-corrected chi connectivity index (χ2v) is 5.12. The van der Waals surface area contributed by atoms with Crippen molar-refractivity contribution < 1.29 is 14.2 Å². The van der Waals surface area contributed by atoms with Crippen LogP contribution in [0.25, 0.3) is 12.2 Å². The highest BCUT2D eigenvalue weighted by Gasteiger charge is 2.04. The van der Waals surface area contributed by atoms with Gasteiger partial charge in [-0.2, -0.15) is 4.98 Å². The Morgan fingerprint density at radius 3 is 2.60 bits per heavy atom. The van der Waals surface area contributed by atoms with Crippen LogP contribution in [-0.2, 0) is 6.61 Å². The van der Waals surface area contributed by atoms with Crippen molar-refractivity contribution in [2.24, 2.45) is 0 Å². The molecule has 0 fully saturated rings. The number of nitro groups is 1. The minimum atomic E-state index is -0.477. The number of aromatic nitrogens is 3. The molecule has 1 aromatic carbocycles. The maximum atomic E-state index is 10.6. The van der Waals surface area contributed by atoms with E-state index in [4.69, 9.17) is 9.26 Å². The first kappa shape index (κ1) is 16.3. The van der Waals surface area contributed by atoms with Gasteiger partial charge in [0.1, 0.15) is 11.9 Å². The van der Waals surface area contributed by atoms with E-state index in [1.807, 2.05) is 30.3 Å². The fourth-order valence-electron chi connectivity index (χ4n) is 2.01. The molecule has 2 heterocycles. The third-order valence-corrected chi connectivity index (χ3v) is 3.25. The zero-order valence-electron chi connectivity index (χ0n) is 13.3. The quantitative estimate of drug-likeness (QED) is 0.501. The second kappa shape index (κ2) is 7.35. The number of aryl methyl sites for hydroxylation is 1. The van der Waals surface area contributed by atoms with E-state index in [0.29, 0.717) is 23.2 Å². The molecule has 25 heavy (non-hydrogen) atoms. The Kier molecular flexibility index (Phi) is 4.79. The molecule has 2 aromatic heterocycles. The smallest absolute Gasteiger partial charge is 0.287 e. The molecule has 0 bridgehead atoms. The number of ether oxygens (including phenoxy) is 1. The van der Waals surface area contributed by atoms with Crippen LogP contribution in [0.15, 0.2) is 47.1 Å². The van der Waals surface area contributed by atoms with Crippen molar-refractivity contribution in [1.82, 2.24) is 15.1 Å². The maximum Gasteiger partial charge on any atom is 0.287 e. The van der Waals surface area contributed by atoms with E-state index in [9.17, 15) is 10.1 Å². The highest BCUT2D eigenvalue weighted by atomic mass is 16.6. The summed E-state index contributed by atoms with van der Waals surface area (Å²) in [6.07, 6.45) is 4.87. The lowest BCUT2D eigenvalue weighted by Crippen LogP contribution is -1.97. The van der Waals surface area contributed by atoms with Gasteiger partial charge >= 0.3 is 0 Å². The van der Waals surface area contributed by atoms with Gasteiger partial charge < -0.3 is 9.26 Å². The summed E-state index contributed by atoms with van der Waals surface area (Å²) in [5.74, 6) is 1.68. The highest BCUT2D eigenvalue weighted by molar-refractivity contribution is 5.68. The van der Waals surface area contributed by atoms with Crippen LogP contribution in [0.3, 0.4) is 0 Å². The molecule has 0 aliphatic rings. The van der Waals surface area contributed by atoms with Gasteiger partial charge in [0, 0.05) is 13.0 Å². The third-order valence-electron chi connectivity index (χ3n) is 3.25. The molecule has 0 amide bonds. The van der Waals surface area contributed by atoms with Crippen molar-refractivity contribution in [1.29, 1.82) is 0 Å². The van der Waals surface area contributed by atoms with Gasteiger partial charge in [-0.05, 0) is 29.8 Å². The minimum Gasteiger partial charge on any atom is -0.485 e. The summed E-state index contributed by atoms with van der Waals surface area (Å²) in [7, 11) is 0. The summed E-state index contributed by atoms with van der Waals surface area (Å²) in [5.41, 5.74) is 1.55. The Bertz CT molecular complexity index is 886. The predicted molar refractivity (Wildman–Crippen MR) is 89.6 cm³/mol. The van der Waals surface area contributed by atoms with Gasteiger partial charge in [0.15, 0.2) is 6.61 Å². The topological polar surface area (TPSA) is 104 Å². The second-order valence-electron chi connectivity index (χ2n) is 5.12. The summed E-state index contributed by atoms with van der Waals surface area (Å²) in [5, 5.41) is 14.3. The van der Waals surface area contributed by atoms with Crippen LogP contribution in [0, 0.1) is 17.0 Å². The minimum absolute atomic E-state index is 0.0320. The monoisotopic (exact) mass is 338 g/mol. The van der Waals surface area contributed by atoms with E-state index < -0.39 is 4.92 Å². The fourth-order valence-corrected chi connectivity index (χ4v) is 2.01. The van der Waals surface area contributed by atoms with Crippen LogP contribution in [0.2, 0.25) is 0 Å². The molecular formula is C17H14N4O4. The van der Waals surface area contributed by atoms with Crippen LogP contribution in [0.4, 0.5) is 5.69 Å². The van der Waals surface area contributed by atoms with Crippen LogP contribution in [-0.4, -0.2) is 20.0 Å². The molecule has 0 radical (unpaired) electrons. The average molecular weight is 338 g/mol. The van der Waals surface area contributed by atoms with Crippen molar-refractivity contribution in [3.05, 3.63) is 75.7 Å². The number of benzene rings is 1. The molecule has 126 valence electrons. The molecule has 3 aromatic rings. The van der Waals surface area contributed by atoms with E-state index in [0.717, 1.165) is 5.56 Å². The van der Waals surface area contributed by atoms with Gasteiger partial charge in [-0.15, -0.1) is 0 Å². The molecule has 8 heteroatoms. The standard InChI is InChI=1S/C17H14N4O4/c1-12-19-17(20-25-12)11-24-16-8-3-13(4-9-16)2-5-14-6-7-15(10-18-14)21(22)23/h2-10H,11H2,1H3. The Morgan fingerprint density at radius 2 is 2.00 bits per heavy atom. The lowest BCUT2D eigenvalue weighted by Gasteiger charge is -2.03. The van der Waals surface area contributed by atoms with Gasteiger partial charge in [-0.1, -0.05) is 23.4 Å². The Labute approximate surface area is 142 Å². The molecule has 0 saturated carbocycles. The molecule has 0 unspecified atom stereocenters. The molecule has 0 atom stereocenters. The van der Waals surface area contributed by atoms with Gasteiger partial charge in [0.05, 0.1) is 10.6 Å². The van der Waals surface area contributed by atoms with Crippen LogP contribution in [0.5, 0.6) is 5.75 Å². The number of pyridine rings is 1.